The van der Waals surface area contributed by atoms with E-state index in [1.165, 1.54) is 17.0 Å². The number of carbonyl (C=O) groups is 1. The lowest BCUT2D eigenvalue weighted by atomic mass is 9.94. The number of anilines is 1. The van der Waals surface area contributed by atoms with Crippen molar-refractivity contribution in [3.63, 3.8) is 0 Å². The molecule has 2 amide bonds. The molecule has 1 aromatic carbocycles. The topological polar surface area (TPSA) is 52.6 Å². The number of halogens is 2. The first-order chi connectivity index (χ1) is 9.49. The lowest BCUT2D eigenvalue weighted by Gasteiger charge is -2.34. The summed E-state index contributed by atoms with van der Waals surface area (Å²) in [6.07, 6.45) is 1.15. The number of benzene rings is 1. The Bertz CT molecular complexity index is 494. The van der Waals surface area contributed by atoms with Gasteiger partial charge in [0.05, 0.1) is 11.8 Å². The number of carbonyl (C=O) groups excluding carboxylic acids is 1. The van der Waals surface area contributed by atoms with Gasteiger partial charge in [0.25, 0.3) is 0 Å². The summed E-state index contributed by atoms with van der Waals surface area (Å²) in [6.45, 7) is 2.66. The van der Waals surface area contributed by atoms with Crippen LogP contribution in [0.2, 0.25) is 0 Å². The molecule has 1 fully saturated rings. The smallest absolute Gasteiger partial charge is 0.321 e. The lowest BCUT2D eigenvalue weighted by molar-refractivity contribution is 0.0766. The molecule has 0 aliphatic carbocycles. The Morgan fingerprint density at radius 2 is 2.25 bits per heavy atom. The molecule has 4 nitrogen and oxygen atoms in total. The molecule has 6 heteroatoms. The fraction of sp³-hybridized carbons (Fsp3) is 0.500. The lowest BCUT2D eigenvalue weighted by Crippen LogP contribution is -2.44. The summed E-state index contributed by atoms with van der Waals surface area (Å²) in [7, 11) is 0. The van der Waals surface area contributed by atoms with Gasteiger partial charge in [0.15, 0.2) is 11.6 Å². The zero-order valence-corrected chi connectivity index (χ0v) is 11.3. The van der Waals surface area contributed by atoms with Crippen molar-refractivity contribution in [1.29, 1.82) is 0 Å². The number of hydrogen-bond acceptors (Lipinski definition) is 2. The maximum absolute atomic E-state index is 13.5. The number of likely N-dealkylation sites (tertiary alicyclic amines) is 1. The SMILES string of the molecule is CC(O)C1CCCN(C(=O)Nc2cccc(F)c2F)C1. The highest BCUT2D eigenvalue weighted by atomic mass is 19.2. The third-order valence-electron chi connectivity index (χ3n) is 3.62. The summed E-state index contributed by atoms with van der Waals surface area (Å²) in [5.74, 6) is -2.04. The minimum atomic E-state index is -1.06. The van der Waals surface area contributed by atoms with Gasteiger partial charge >= 0.3 is 6.03 Å². The molecule has 0 radical (unpaired) electrons. The second kappa shape index (κ2) is 6.17. The number of nitrogens with zero attached hydrogens (tertiary/aromatic N) is 1. The first-order valence-electron chi connectivity index (χ1n) is 6.67. The molecular weight excluding hydrogens is 266 g/mol. The zero-order chi connectivity index (χ0) is 14.7. The number of rotatable bonds is 2. The van der Waals surface area contributed by atoms with E-state index in [0.29, 0.717) is 13.1 Å². The molecule has 1 aliphatic rings. The van der Waals surface area contributed by atoms with Gasteiger partial charge in [-0.2, -0.15) is 0 Å². The maximum atomic E-state index is 13.5. The van der Waals surface area contributed by atoms with Gasteiger partial charge in [-0.05, 0) is 31.9 Å². The van der Waals surface area contributed by atoms with Crippen molar-refractivity contribution in [2.24, 2.45) is 5.92 Å². The molecule has 0 aromatic heterocycles. The first-order valence-corrected chi connectivity index (χ1v) is 6.67. The first kappa shape index (κ1) is 14.7. The minimum Gasteiger partial charge on any atom is -0.393 e. The summed E-state index contributed by atoms with van der Waals surface area (Å²) in [6, 6.07) is 3.17. The highest BCUT2D eigenvalue weighted by Crippen LogP contribution is 2.22. The van der Waals surface area contributed by atoms with E-state index >= 15 is 0 Å². The second-order valence-electron chi connectivity index (χ2n) is 5.12. The van der Waals surface area contributed by atoms with Crippen molar-refractivity contribution in [2.75, 3.05) is 18.4 Å². The van der Waals surface area contributed by atoms with Gasteiger partial charge < -0.3 is 15.3 Å². The molecule has 2 rings (SSSR count). The van der Waals surface area contributed by atoms with E-state index in [1.807, 2.05) is 0 Å². The second-order valence-corrected chi connectivity index (χ2v) is 5.12. The molecule has 20 heavy (non-hydrogen) atoms. The van der Waals surface area contributed by atoms with Crippen LogP contribution in [0.3, 0.4) is 0 Å². The molecule has 110 valence electrons. The predicted molar refractivity (Wildman–Crippen MR) is 71.4 cm³/mol. The third kappa shape index (κ3) is 3.25. The molecule has 1 aliphatic heterocycles. The Kier molecular flexibility index (Phi) is 4.54. The van der Waals surface area contributed by atoms with E-state index in [0.717, 1.165) is 18.9 Å². The molecule has 1 heterocycles. The fourth-order valence-corrected chi connectivity index (χ4v) is 2.38. The molecule has 0 bridgehead atoms. The van der Waals surface area contributed by atoms with Crippen LogP contribution in [-0.2, 0) is 0 Å². The number of aliphatic hydroxyl groups excluding tert-OH is 1. The molecule has 2 N–H and O–H groups in total. The standard InChI is InChI=1S/C14H18F2N2O2/c1-9(19)10-4-3-7-18(8-10)14(20)17-12-6-2-5-11(15)13(12)16/h2,5-6,9-10,19H,3-4,7-8H2,1H3,(H,17,20). The van der Waals surface area contributed by atoms with Crippen LogP contribution in [0.25, 0.3) is 0 Å². The number of hydrogen-bond donors (Lipinski definition) is 2. The molecule has 2 unspecified atom stereocenters. The average molecular weight is 284 g/mol. The molecule has 2 atom stereocenters. The Hall–Kier alpha value is -1.69. The van der Waals surface area contributed by atoms with Gasteiger partial charge in [-0.3, -0.25) is 0 Å². The Morgan fingerprint density at radius 1 is 1.50 bits per heavy atom. The van der Waals surface area contributed by atoms with Crippen LogP contribution in [0.5, 0.6) is 0 Å². The van der Waals surface area contributed by atoms with E-state index < -0.39 is 23.8 Å². The van der Waals surface area contributed by atoms with Gasteiger partial charge in [-0.1, -0.05) is 6.07 Å². The zero-order valence-electron chi connectivity index (χ0n) is 11.3. The quantitative estimate of drug-likeness (QED) is 0.877. The summed E-state index contributed by atoms with van der Waals surface area (Å²) in [4.78, 5) is 13.6. The van der Waals surface area contributed by atoms with Crippen molar-refractivity contribution in [2.45, 2.75) is 25.9 Å². The van der Waals surface area contributed by atoms with Crippen LogP contribution in [0, 0.1) is 17.6 Å². The minimum absolute atomic E-state index is 0.0202. The summed E-state index contributed by atoms with van der Waals surface area (Å²) < 4.78 is 26.6. The Labute approximate surface area is 116 Å². The third-order valence-corrected chi connectivity index (χ3v) is 3.62. The van der Waals surface area contributed by atoms with Crippen LogP contribution in [-0.4, -0.2) is 35.2 Å². The van der Waals surface area contributed by atoms with E-state index in [2.05, 4.69) is 5.32 Å². The number of amides is 2. The van der Waals surface area contributed by atoms with Crippen molar-refractivity contribution < 1.29 is 18.7 Å². The van der Waals surface area contributed by atoms with Gasteiger partial charge in [0.1, 0.15) is 0 Å². The van der Waals surface area contributed by atoms with Crippen molar-refractivity contribution >= 4 is 11.7 Å². The normalized spacial score (nSPS) is 20.6. The van der Waals surface area contributed by atoms with Gasteiger partial charge in [-0.15, -0.1) is 0 Å². The number of nitrogens with one attached hydrogen (secondary N) is 1. The maximum Gasteiger partial charge on any atom is 0.321 e. The van der Waals surface area contributed by atoms with Crippen LogP contribution >= 0.6 is 0 Å². The van der Waals surface area contributed by atoms with E-state index in [1.54, 1.807) is 6.92 Å². The number of piperidine rings is 1. The number of urea groups is 1. The molecular formula is C14H18F2N2O2. The van der Waals surface area contributed by atoms with Crippen LogP contribution < -0.4 is 5.32 Å². The van der Waals surface area contributed by atoms with E-state index in [4.69, 9.17) is 0 Å². The molecule has 0 saturated carbocycles. The average Bonchev–Trinajstić information content (AvgIpc) is 2.44. The Balaban J connectivity index is 2.03. The van der Waals surface area contributed by atoms with Gasteiger partial charge in [0.2, 0.25) is 0 Å². The van der Waals surface area contributed by atoms with Crippen LogP contribution in [0.15, 0.2) is 18.2 Å². The van der Waals surface area contributed by atoms with E-state index in [9.17, 15) is 18.7 Å². The van der Waals surface area contributed by atoms with Gasteiger partial charge in [-0.25, -0.2) is 13.6 Å². The summed E-state index contributed by atoms with van der Waals surface area (Å²) >= 11 is 0. The monoisotopic (exact) mass is 284 g/mol. The molecule has 1 aromatic rings. The predicted octanol–water partition coefficient (Wildman–Crippen LogP) is 2.59. The molecule has 0 spiro atoms. The van der Waals surface area contributed by atoms with Crippen molar-refractivity contribution in [3.05, 3.63) is 29.8 Å². The largest absolute Gasteiger partial charge is 0.393 e. The van der Waals surface area contributed by atoms with Crippen LogP contribution in [0.1, 0.15) is 19.8 Å². The van der Waals surface area contributed by atoms with Crippen molar-refractivity contribution in [1.82, 2.24) is 4.90 Å². The van der Waals surface area contributed by atoms with Crippen molar-refractivity contribution in [3.8, 4) is 0 Å². The van der Waals surface area contributed by atoms with Crippen LogP contribution in [0.4, 0.5) is 19.3 Å². The fourth-order valence-electron chi connectivity index (χ4n) is 2.38. The number of aliphatic hydroxyl groups is 1. The highest BCUT2D eigenvalue weighted by molar-refractivity contribution is 5.89. The molecule has 1 saturated heterocycles. The van der Waals surface area contributed by atoms with Gasteiger partial charge in [0, 0.05) is 19.0 Å². The van der Waals surface area contributed by atoms with E-state index in [-0.39, 0.29) is 11.6 Å². The summed E-state index contributed by atoms with van der Waals surface area (Å²) in [5, 5.41) is 11.9. The summed E-state index contributed by atoms with van der Waals surface area (Å²) in [5.41, 5.74) is -0.172. The highest BCUT2D eigenvalue weighted by Gasteiger charge is 2.26. The Morgan fingerprint density at radius 3 is 2.95 bits per heavy atom.